The Bertz CT molecular complexity index is 971. The molecule has 0 aliphatic heterocycles. The highest BCUT2D eigenvalue weighted by molar-refractivity contribution is 6.06. The minimum Gasteiger partial charge on any atom is -0.390 e. The second-order valence-electron chi connectivity index (χ2n) is 10.6. The van der Waals surface area contributed by atoms with E-state index >= 15 is 0 Å². The van der Waals surface area contributed by atoms with Crippen LogP contribution >= 0.6 is 0 Å². The molecule has 2 aromatic rings. The van der Waals surface area contributed by atoms with E-state index in [1.54, 1.807) is 6.20 Å². The summed E-state index contributed by atoms with van der Waals surface area (Å²) >= 11 is 0. The Hall–Kier alpha value is -2.16. The number of amides is 1. The molecule has 8 nitrogen and oxygen atoms in total. The first-order valence-corrected chi connectivity index (χ1v) is 11.7. The zero-order chi connectivity index (χ0) is 23.0. The molecule has 2 fully saturated rings. The van der Waals surface area contributed by atoms with Gasteiger partial charge < -0.3 is 20.3 Å². The van der Waals surface area contributed by atoms with Gasteiger partial charge in [-0.25, -0.2) is 4.98 Å². The molecular weight excluding hydrogens is 404 g/mol. The fourth-order valence-corrected chi connectivity index (χ4v) is 5.66. The van der Waals surface area contributed by atoms with E-state index in [-0.39, 0.29) is 11.9 Å². The van der Waals surface area contributed by atoms with E-state index in [1.165, 1.54) is 0 Å². The molecule has 0 saturated heterocycles. The average Bonchev–Trinajstić information content (AvgIpc) is 3.10. The van der Waals surface area contributed by atoms with Gasteiger partial charge in [0.2, 0.25) is 0 Å². The highest BCUT2D eigenvalue weighted by Gasteiger charge is 2.44. The Kier molecular flexibility index (Phi) is 6.47. The van der Waals surface area contributed by atoms with Crippen LogP contribution in [0.25, 0.3) is 11.0 Å². The van der Waals surface area contributed by atoms with Crippen molar-refractivity contribution in [1.82, 2.24) is 24.7 Å². The molecule has 2 aliphatic rings. The topological polar surface area (TPSA) is 85.7 Å². The van der Waals surface area contributed by atoms with Crippen molar-refractivity contribution >= 4 is 22.6 Å². The van der Waals surface area contributed by atoms with Crippen molar-refractivity contribution in [2.75, 3.05) is 40.2 Å². The second kappa shape index (κ2) is 9.00. The van der Waals surface area contributed by atoms with Crippen molar-refractivity contribution in [2.45, 2.75) is 57.3 Å². The average molecular weight is 443 g/mol. The van der Waals surface area contributed by atoms with Crippen LogP contribution < -0.4 is 10.6 Å². The first-order chi connectivity index (χ1) is 15.1. The van der Waals surface area contributed by atoms with E-state index in [4.69, 9.17) is 0 Å². The van der Waals surface area contributed by atoms with Crippen molar-refractivity contribution in [3.05, 3.63) is 24.0 Å². The summed E-state index contributed by atoms with van der Waals surface area (Å²) in [6.45, 7) is 3.43. The highest BCUT2D eigenvalue weighted by atomic mass is 16.3. The largest absolute Gasteiger partial charge is 0.390 e. The van der Waals surface area contributed by atoms with Crippen LogP contribution in [0.5, 0.6) is 0 Å². The summed E-state index contributed by atoms with van der Waals surface area (Å²) in [6, 6.07) is 2.29. The number of nitrogens with zero attached hydrogens (tertiary/aromatic N) is 4. The monoisotopic (exact) mass is 442 g/mol. The van der Waals surface area contributed by atoms with Crippen LogP contribution in [-0.4, -0.2) is 76.9 Å². The Morgan fingerprint density at radius 1 is 1.28 bits per heavy atom. The molecule has 0 spiro atoms. The third kappa shape index (κ3) is 4.77. The molecule has 2 saturated carbocycles. The Morgan fingerprint density at radius 3 is 2.78 bits per heavy atom. The van der Waals surface area contributed by atoms with Crippen molar-refractivity contribution < 1.29 is 9.90 Å². The lowest BCUT2D eigenvalue weighted by Gasteiger charge is -2.48. The van der Waals surface area contributed by atoms with Crippen molar-refractivity contribution in [3.8, 4) is 0 Å². The van der Waals surface area contributed by atoms with Crippen LogP contribution in [0.3, 0.4) is 0 Å². The van der Waals surface area contributed by atoms with E-state index in [0.29, 0.717) is 24.1 Å². The third-order valence-electron chi connectivity index (χ3n) is 6.92. The number of carbonyl (C=O) groups is 1. The van der Waals surface area contributed by atoms with Gasteiger partial charge in [0.1, 0.15) is 5.65 Å². The van der Waals surface area contributed by atoms with Crippen molar-refractivity contribution in [1.29, 1.82) is 0 Å². The van der Waals surface area contributed by atoms with E-state index in [0.717, 1.165) is 55.5 Å². The van der Waals surface area contributed by atoms with Gasteiger partial charge in [-0.3, -0.25) is 14.6 Å². The molecule has 1 amide bonds. The maximum Gasteiger partial charge on any atom is 0.255 e. The molecule has 2 heterocycles. The summed E-state index contributed by atoms with van der Waals surface area (Å²) in [5.74, 6) is 0.799. The van der Waals surface area contributed by atoms with Gasteiger partial charge >= 0.3 is 0 Å². The Labute approximate surface area is 191 Å². The fourth-order valence-electron chi connectivity index (χ4n) is 5.66. The van der Waals surface area contributed by atoms with Gasteiger partial charge in [-0.1, -0.05) is 6.92 Å². The molecule has 8 heteroatoms. The predicted molar refractivity (Wildman–Crippen MR) is 128 cm³/mol. The number of rotatable bonds is 7. The molecule has 2 aliphatic carbocycles. The van der Waals surface area contributed by atoms with Crippen molar-refractivity contribution in [3.63, 3.8) is 0 Å². The quantitative estimate of drug-likeness (QED) is 0.572. The smallest absolute Gasteiger partial charge is 0.255 e. The highest BCUT2D eigenvalue weighted by Crippen LogP contribution is 2.46. The normalized spacial score (nSPS) is 27.8. The SMILES string of the molecule is CC1C[C@H]2C[C@](O)(CC[C@@H]2Nc2c(C(=O)NCN(C)C)cnc3c2ccn3CN(C)C)C1. The maximum atomic E-state index is 13.1. The van der Waals surface area contributed by atoms with Crippen LogP contribution in [0.15, 0.2) is 18.5 Å². The van der Waals surface area contributed by atoms with E-state index in [1.807, 2.05) is 39.3 Å². The Morgan fingerprint density at radius 2 is 2.06 bits per heavy atom. The standard InChI is InChI=1S/C24H38N6O2/c1-16-10-17-12-24(32,11-16)8-6-20(17)27-21-18-7-9-30(15-29(4)5)22(18)25-13-19(21)23(31)26-14-28(2)3/h7,9,13,16-17,20,32H,6,8,10-12,14-15H2,1-5H3,(H,25,27)(H,26,31)/t16?,17-,20-,24-/m0/s1. The number of anilines is 1. The van der Waals surface area contributed by atoms with E-state index in [9.17, 15) is 9.90 Å². The molecule has 4 rings (SSSR count). The van der Waals surface area contributed by atoms with E-state index < -0.39 is 5.60 Å². The van der Waals surface area contributed by atoms with Crippen LogP contribution in [0, 0.1) is 11.8 Å². The number of aromatic nitrogens is 2. The molecule has 176 valence electrons. The van der Waals surface area contributed by atoms with Crippen LogP contribution in [0.2, 0.25) is 0 Å². The van der Waals surface area contributed by atoms with Crippen molar-refractivity contribution in [2.24, 2.45) is 11.8 Å². The van der Waals surface area contributed by atoms with Gasteiger partial charge in [-0.15, -0.1) is 0 Å². The van der Waals surface area contributed by atoms with Gasteiger partial charge in [-0.2, -0.15) is 0 Å². The summed E-state index contributed by atoms with van der Waals surface area (Å²) in [7, 11) is 7.91. The Balaban J connectivity index is 1.69. The fraction of sp³-hybridized carbons (Fsp3) is 0.667. The minimum atomic E-state index is -0.519. The van der Waals surface area contributed by atoms with Crippen LogP contribution in [0.1, 0.15) is 49.4 Å². The summed E-state index contributed by atoms with van der Waals surface area (Å²) in [5.41, 5.74) is 1.79. The van der Waals surface area contributed by atoms with Gasteiger partial charge in [0.15, 0.2) is 0 Å². The number of pyridine rings is 1. The number of fused-ring (bicyclic) bond motifs is 3. The summed E-state index contributed by atoms with van der Waals surface area (Å²) in [5, 5.41) is 18.7. The number of aliphatic hydroxyl groups is 1. The summed E-state index contributed by atoms with van der Waals surface area (Å²) in [6.07, 6.45) is 8.31. The first-order valence-electron chi connectivity index (χ1n) is 11.7. The van der Waals surface area contributed by atoms with E-state index in [2.05, 4.69) is 38.1 Å². The maximum absolute atomic E-state index is 13.1. The van der Waals surface area contributed by atoms with Gasteiger partial charge in [0, 0.05) is 23.8 Å². The predicted octanol–water partition coefficient (Wildman–Crippen LogP) is 2.55. The summed E-state index contributed by atoms with van der Waals surface area (Å²) in [4.78, 5) is 21.8. The molecule has 32 heavy (non-hydrogen) atoms. The van der Waals surface area contributed by atoms with Gasteiger partial charge in [0.25, 0.3) is 5.91 Å². The molecule has 3 N–H and O–H groups in total. The number of carbonyl (C=O) groups excluding carboxylic acids is 1. The molecule has 2 bridgehead atoms. The zero-order valence-corrected chi connectivity index (χ0v) is 20.1. The molecular formula is C24H38N6O2. The van der Waals surface area contributed by atoms with Crippen LogP contribution in [0.4, 0.5) is 5.69 Å². The molecule has 0 aromatic carbocycles. The lowest BCUT2D eigenvalue weighted by Crippen LogP contribution is -2.49. The lowest BCUT2D eigenvalue weighted by atomic mass is 9.64. The number of nitrogens with one attached hydrogen (secondary N) is 2. The van der Waals surface area contributed by atoms with Crippen LogP contribution in [-0.2, 0) is 6.67 Å². The molecule has 4 atom stereocenters. The number of hydrogen-bond donors (Lipinski definition) is 3. The van der Waals surface area contributed by atoms with Gasteiger partial charge in [0.05, 0.1) is 30.2 Å². The second-order valence-corrected chi connectivity index (χ2v) is 10.6. The lowest BCUT2D eigenvalue weighted by molar-refractivity contribution is -0.0677. The summed E-state index contributed by atoms with van der Waals surface area (Å²) < 4.78 is 2.10. The molecule has 1 unspecified atom stereocenters. The third-order valence-corrected chi connectivity index (χ3v) is 6.92. The minimum absolute atomic E-state index is 0.125. The molecule has 0 radical (unpaired) electrons. The molecule has 2 aromatic heterocycles. The number of hydrogen-bond acceptors (Lipinski definition) is 6. The zero-order valence-electron chi connectivity index (χ0n) is 20.1. The first kappa shape index (κ1) is 23.0. The van der Waals surface area contributed by atoms with Gasteiger partial charge in [-0.05, 0) is 78.2 Å².